The van der Waals surface area contributed by atoms with Gasteiger partial charge in [0.1, 0.15) is 11.5 Å². The van der Waals surface area contributed by atoms with E-state index in [0.717, 1.165) is 42.6 Å². The zero-order valence-electron chi connectivity index (χ0n) is 15.2. The van der Waals surface area contributed by atoms with Gasteiger partial charge in [-0.25, -0.2) is 0 Å². The van der Waals surface area contributed by atoms with Crippen LogP contribution < -0.4 is 14.4 Å². The predicted octanol–water partition coefficient (Wildman–Crippen LogP) is 3.07. The number of piperazine rings is 1. The molecule has 3 aliphatic rings. The van der Waals surface area contributed by atoms with Crippen LogP contribution in [0.5, 0.6) is 11.5 Å². The van der Waals surface area contributed by atoms with Crippen LogP contribution in [-0.2, 0) is 4.79 Å². The standard InChI is InChI=1S/C20H28N2O3/c1-24-16-8-9-19(25-2)17(11-16)22-15-10-18(20(22)23)21(13-15)12-14-6-4-3-5-7-14/h8-9,11,14-15,18H,3-7,10,12-13H2,1-2H3/t15-,18-/m0/s1. The molecule has 2 atom stereocenters. The number of ether oxygens (including phenoxy) is 2. The number of anilines is 1. The Morgan fingerprint density at radius 3 is 2.60 bits per heavy atom. The molecule has 2 bridgehead atoms. The second-order valence-corrected chi connectivity index (χ2v) is 7.61. The number of benzene rings is 1. The molecule has 1 amide bonds. The quantitative estimate of drug-likeness (QED) is 0.823. The molecule has 1 aromatic rings. The maximum absolute atomic E-state index is 13.1. The van der Waals surface area contributed by atoms with E-state index in [1.807, 2.05) is 23.1 Å². The number of carbonyl (C=O) groups is 1. The topological polar surface area (TPSA) is 42.0 Å². The van der Waals surface area contributed by atoms with E-state index in [1.165, 1.54) is 32.1 Å². The molecular weight excluding hydrogens is 316 g/mol. The third-order valence-electron chi connectivity index (χ3n) is 6.13. The lowest BCUT2D eigenvalue weighted by molar-refractivity contribution is -0.122. The summed E-state index contributed by atoms with van der Waals surface area (Å²) in [5.41, 5.74) is 0.844. The molecule has 2 heterocycles. The number of hydrogen-bond acceptors (Lipinski definition) is 4. The highest BCUT2D eigenvalue weighted by molar-refractivity contribution is 6.02. The maximum Gasteiger partial charge on any atom is 0.244 e. The van der Waals surface area contributed by atoms with Gasteiger partial charge in [-0.1, -0.05) is 19.3 Å². The first-order valence-electron chi connectivity index (χ1n) is 9.50. The van der Waals surface area contributed by atoms with Crippen molar-refractivity contribution in [2.75, 3.05) is 32.2 Å². The predicted molar refractivity (Wildman–Crippen MR) is 97.4 cm³/mol. The van der Waals surface area contributed by atoms with Crippen LogP contribution in [0.1, 0.15) is 38.5 Å². The van der Waals surface area contributed by atoms with Crippen molar-refractivity contribution >= 4 is 11.6 Å². The average molecular weight is 344 g/mol. The number of methoxy groups -OCH3 is 2. The summed E-state index contributed by atoms with van der Waals surface area (Å²) in [6.45, 7) is 2.07. The Morgan fingerprint density at radius 1 is 1.12 bits per heavy atom. The first-order valence-corrected chi connectivity index (χ1v) is 9.50. The first kappa shape index (κ1) is 16.7. The molecule has 5 heteroatoms. The molecule has 2 aliphatic heterocycles. The van der Waals surface area contributed by atoms with Crippen molar-refractivity contribution in [3.05, 3.63) is 18.2 Å². The number of hydrogen-bond donors (Lipinski definition) is 0. The normalized spacial score (nSPS) is 27.1. The van der Waals surface area contributed by atoms with Gasteiger partial charge in [-0.05, 0) is 37.3 Å². The molecule has 1 saturated carbocycles. The average Bonchev–Trinajstić information content (AvgIpc) is 3.19. The van der Waals surface area contributed by atoms with Crippen LogP contribution in [0.25, 0.3) is 0 Å². The third-order valence-corrected chi connectivity index (χ3v) is 6.13. The lowest BCUT2D eigenvalue weighted by atomic mass is 9.89. The smallest absolute Gasteiger partial charge is 0.244 e. The van der Waals surface area contributed by atoms with Crippen LogP contribution in [0, 0.1) is 5.92 Å². The molecule has 0 N–H and O–H groups in total. The summed E-state index contributed by atoms with van der Waals surface area (Å²) in [6.07, 6.45) is 7.68. The SMILES string of the molecule is COc1ccc(OC)c(N2C(=O)[C@@H]3C[C@H]2CN3CC2CCCCC2)c1. The molecule has 0 spiro atoms. The van der Waals surface area contributed by atoms with Crippen molar-refractivity contribution in [3.8, 4) is 11.5 Å². The van der Waals surface area contributed by atoms with Gasteiger partial charge in [0, 0.05) is 19.2 Å². The summed E-state index contributed by atoms with van der Waals surface area (Å²) in [7, 11) is 3.30. The lowest BCUT2D eigenvalue weighted by Gasteiger charge is -2.36. The van der Waals surface area contributed by atoms with E-state index in [0.29, 0.717) is 0 Å². The fourth-order valence-electron chi connectivity index (χ4n) is 4.87. The van der Waals surface area contributed by atoms with Crippen LogP contribution in [0.2, 0.25) is 0 Å². The van der Waals surface area contributed by atoms with Crippen LogP contribution in [0.3, 0.4) is 0 Å². The second-order valence-electron chi connectivity index (χ2n) is 7.61. The summed E-state index contributed by atoms with van der Waals surface area (Å²) in [5, 5.41) is 0. The van der Waals surface area contributed by atoms with E-state index in [1.54, 1.807) is 14.2 Å². The van der Waals surface area contributed by atoms with E-state index in [4.69, 9.17) is 9.47 Å². The largest absolute Gasteiger partial charge is 0.497 e. The van der Waals surface area contributed by atoms with Crippen molar-refractivity contribution in [1.82, 2.24) is 4.90 Å². The zero-order chi connectivity index (χ0) is 17.4. The molecule has 0 aromatic heterocycles. The Hall–Kier alpha value is -1.75. The molecule has 4 rings (SSSR count). The summed E-state index contributed by atoms with van der Waals surface area (Å²) >= 11 is 0. The summed E-state index contributed by atoms with van der Waals surface area (Å²) in [5.74, 6) is 2.49. The minimum Gasteiger partial charge on any atom is -0.497 e. The summed E-state index contributed by atoms with van der Waals surface area (Å²) in [4.78, 5) is 17.5. The second kappa shape index (κ2) is 6.87. The molecule has 136 valence electrons. The highest BCUT2D eigenvalue weighted by atomic mass is 16.5. The van der Waals surface area contributed by atoms with E-state index >= 15 is 0 Å². The highest BCUT2D eigenvalue weighted by Crippen LogP contribution is 2.42. The van der Waals surface area contributed by atoms with Gasteiger partial charge in [0.05, 0.1) is 32.0 Å². The number of carbonyl (C=O) groups excluding carboxylic acids is 1. The van der Waals surface area contributed by atoms with Gasteiger partial charge in [-0.3, -0.25) is 9.69 Å². The lowest BCUT2D eigenvalue weighted by Crippen LogP contribution is -2.51. The maximum atomic E-state index is 13.1. The van der Waals surface area contributed by atoms with Gasteiger partial charge in [-0.15, -0.1) is 0 Å². The first-order chi connectivity index (χ1) is 12.2. The highest BCUT2D eigenvalue weighted by Gasteiger charge is 2.51. The van der Waals surface area contributed by atoms with Crippen molar-refractivity contribution in [3.63, 3.8) is 0 Å². The molecule has 25 heavy (non-hydrogen) atoms. The van der Waals surface area contributed by atoms with E-state index in [2.05, 4.69) is 4.90 Å². The van der Waals surface area contributed by atoms with E-state index < -0.39 is 0 Å². The molecule has 3 fully saturated rings. The number of likely N-dealkylation sites (tertiary alicyclic amines) is 1. The van der Waals surface area contributed by atoms with Crippen molar-refractivity contribution < 1.29 is 14.3 Å². The zero-order valence-corrected chi connectivity index (χ0v) is 15.2. The molecular formula is C20H28N2O3. The number of amides is 1. The molecule has 1 aliphatic carbocycles. The van der Waals surface area contributed by atoms with Gasteiger partial charge in [-0.2, -0.15) is 0 Å². The monoisotopic (exact) mass is 344 g/mol. The Labute approximate surface area is 149 Å². The number of nitrogens with zero attached hydrogens (tertiary/aromatic N) is 2. The molecule has 5 nitrogen and oxygen atoms in total. The van der Waals surface area contributed by atoms with E-state index in [-0.39, 0.29) is 18.0 Å². The molecule has 0 unspecified atom stereocenters. The van der Waals surface area contributed by atoms with Crippen molar-refractivity contribution in [1.29, 1.82) is 0 Å². The third kappa shape index (κ3) is 2.99. The van der Waals surface area contributed by atoms with Crippen molar-refractivity contribution in [2.24, 2.45) is 5.92 Å². The van der Waals surface area contributed by atoms with E-state index in [9.17, 15) is 4.79 Å². The minimum absolute atomic E-state index is 0.0443. The minimum atomic E-state index is 0.0443. The van der Waals surface area contributed by atoms with Crippen LogP contribution >= 0.6 is 0 Å². The van der Waals surface area contributed by atoms with Gasteiger partial charge in [0.15, 0.2) is 0 Å². The fraction of sp³-hybridized carbons (Fsp3) is 0.650. The molecule has 0 radical (unpaired) electrons. The Morgan fingerprint density at radius 2 is 1.92 bits per heavy atom. The van der Waals surface area contributed by atoms with Gasteiger partial charge in [0.2, 0.25) is 5.91 Å². The summed E-state index contributed by atoms with van der Waals surface area (Å²) < 4.78 is 10.8. The number of rotatable bonds is 5. The van der Waals surface area contributed by atoms with Crippen molar-refractivity contribution in [2.45, 2.75) is 50.6 Å². The van der Waals surface area contributed by atoms with Crippen LogP contribution in [0.4, 0.5) is 5.69 Å². The number of fused-ring (bicyclic) bond motifs is 2. The Bertz CT molecular complexity index is 642. The molecule has 2 saturated heterocycles. The Balaban J connectivity index is 1.51. The van der Waals surface area contributed by atoms with Gasteiger partial charge >= 0.3 is 0 Å². The van der Waals surface area contributed by atoms with Gasteiger partial charge in [0.25, 0.3) is 0 Å². The van der Waals surface area contributed by atoms with Gasteiger partial charge < -0.3 is 14.4 Å². The summed E-state index contributed by atoms with van der Waals surface area (Å²) in [6, 6.07) is 5.97. The molecule has 1 aromatic carbocycles. The van der Waals surface area contributed by atoms with Crippen LogP contribution in [0.15, 0.2) is 18.2 Å². The fourth-order valence-corrected chi connectivity index (χ4v) is 4.87. The van der Waals surface area contributed by atoms with Crippen LogP contribution in [-0.4, -0.2) is 50.2 Å². The Kier molecular flexibility index (Phi) is 4.59.